The van der Waals surface area contributed by atoms with Crippen molar-refractivity contribution in [3.8, 4) is 0 Å². The second-order valence-electron chi connectivity index (χ2n) is 6.77. The Bertz CT molecular complexity index is 734. The number of carbonyl (C=O) groups is 1. The first-order chi connectivity index (χ1) is 11.9. The van der Waals surface area contributed by atoms with Gasteiger partial charge in [-0.3, -0.25) is 5.32 Å². The van der Waals surface area contributed by atoms with Gasteiger partial charge in [-0.2, -0.15) is 0 Å². The second-order valence-corrected chi connectivity index (χ2v) is 6.77. The topological polar surface area (TPSA) is 85.9 Å². The predicted octanol–water partition coefficient (Wildman–Crippen LogP) is 2.96. The van der Waals surface area contributed by atoms with E-state index in [0.29, 0.717) is 6.07 Å². The van der Waals surface area contributed by atoms with Crippen LogP contribution in [-0.2, 0) is 15.0 Å². The lowest BCUT2D eigenvalue weighted by Gasteiger charge is -2.34. The molecule has 1 atom stereocenters. The number of amidine groups is 1. The molecule has 0 bridgehead atoms. The van der Waals surface area contributed by atoms with Gasteiger partial charge in [0.2, 0.25) is 0 Å². The Labute approximate surface area is 147 Å². The molecule has 10 heteroatoms. The lowest BCUT2D eigenvalue weighted by Crippen LogP contribution is -2.48. The highest BCUT2D eigenvalue weighted by molar-refractivity contribution is 5.96. The highest BCUT2D eigenvalue weighted by Crippen LogP contribution is 2.38. The van der Waals surface area contributed by atoms with Crippen LogP contribution in [0.4, 0.5) is 28.0 Å². The molecule has 0 radical (unpaired) electrons. The summed E-state index contributed by atoms with van der Waals surface area (Å²) in [6.07, 6.45) is -4.20. The van der Waals surface area contributed by atoms with Crippen LogP contribution in [0.15, 0.2) is 17.1 Å². The number of ether oxygens (including phenoxy) is 2. The van der Waals surface area contributed by atoms with Gasteiger partial charge in [0.1, 0.15) is 18.0 Å². The van der Waals surface area contributed by atoms with Gasteiger partial charge in [0.05, 0.1) is 6.61 Å². The number of carbonyl (C=O) groups excluding carboxylic acids is 1. The van der Waals surface area contributed by atoms with Gasteiger partial charge in [0.15, 0.2) is 17.2 Å². The van der Waals surface area contributed by atoms with Crippen LogP contribution in [0.1, 0.15) is 26.3 Å². The molecule has 0 aromatic heterocycles. The summed E-state index contributed by atoms with van der Waals surface area (Å²) in [5.74, 6) is -3.19. The first-order valence-corrected chi connectivity index (χ1v) is 7.64. The zero-order valence-electron chi connectivity index (χ0n) is 14.4. The number of amides is 1. The van der Waals surface area contributed by atoms with Gasteiger partial charge in [-0.05, 0) is 32.9 Å². The standard InChI is InChI=1S/C16H19F4N3O3/c1-15(2,3)26-14(24)22-11-6-25-7-16(23-11,13(19)20)9-4-8(21)5-10(17)12(9)18/h4-5,13H,6-7,21H2,1-3H3,(H,22,23,24). The van der Waals surface area contributed by atoms with Crippen molar-refractivity contribution in [1.29, 1.82) is 0 Å². The molecule has 0 saturated carbocycles. The number of anilines is 1. The maximum atomic E-state index is 14.2. The summed E-state index contributed by atoms with van der Waals surface area (Å²) in [5.41, 5.74) is 1.06. The lowest BCUT2D eigenvalue weighted by atomic mass is 9.89. The molecule has 1 amide bonds. The minimum absolute atomic E-state index is 0.249. The average Bonchev–Trinajstić information content (AvgIpc) is 2.48. The number of hydrogen-bond donors (Lipinski definition) is 2. The van der Waals surface area contributed by atoms with Crippen LogP contribution in [0.5, 0.6) is 0 Å². The molecule has 1 aliphatic rings. The molecule has 1 unspecified atom stereocenters. The Balaban J connectivity index is 2.44. The van der Waals surface area contributed by atoms with Crippen molar-refractivity contribution in [1.82, 2.24) is 5.32 Å². The van der Waals surface area contributed by atoms with E-state index in [1.165, 1.54) is 0 Å². The average molecular weight is 377 g/mol. The highest BCUT2D eigenvalue weighted by atomic mass is 19.3. The molecule has 3 N–H and O–H groups in total. The number of nitrogen functional groups attached to an aromatic ring is 1. The number of alkyl carbamates (subject to hydrolysis) is 1. The Morgan fingerprint density at radius 1 is 1.38 bits per heavy atom. The van der Waals surface area contributed by atoms with Crippen LogP contribution in [-0.4, -0.2) is 37.2 Å². The van der Waals surface area contributed by atoms with E-state index in [2.05, 4.69) is 10.3 Å². The number of benzene rings is 1. The second kappa shape index (κ2) is 7.10. The summed E-state index contributed by atoms with van der Waals surface area (Å²) in [6.45, 7) is 3.81. The molecule has 1 aliphatic heterocycles. The van der Waals surface area contributed by atoms with Crippen LogP contribution in [0.2, 0.25) is 0 Å². The monoisotopic (exact) mass is 377 g/mol. The third-order valence-electron chi connectivity index (χ3n) is 3.42. The quantitative estimate of drug-likeness (QED) is 0.613. The predicted molar refractivity (Wildman–Crippen MR) is 86.1 cm³/mol. The number of nitrogens with zero attached hydrogens (tertiary/aromatic N) is 1. The molecule has 2 rings (SSSR count). The van der Waals surface area contributed by atoms with Crippen molar-refractivity contribution in [2.45, 2.75) is 38.3 Å². The van der Waals surface area contributed by atoms with E-state index in [4.69, 9.17) is 15.2 Å². The number of hydrogen-bond acceptors (Lipinski definition) is 5. The zero-order valence-corrected chi connectivity index (χ0v) is 14.4. The van der Waals surface area contributed by atoms with Crippen molar-refractivity contribution in [2.75, 3.05) is 18.9 Å². The van der Waals surface area contributed by atoms with Gasteiger partial charge in [0.25, 0.3) is 6.43 Å². The van der Waals surface area contributed by atoms with Crippen molar-refractivity contribution in [3.63, 3.8) is 0 Å². The fourth-order valence-corrected chi connectivity index (χ4v) is 2.39. The number of nitrogens with two attached hydrogens (primary N) is 1. The van der Waals surface area contributed by atoms with E-state index in [-0.39, 0.29) is 18.1 Å². The molecular weight excluding hydrogens is 358 g/mol. The molecular formula is C16H19F4N3O3. The first kappa shape index (κ1) is 20.0. The summed E-state index contributed by atoms with van der Waals surface area (Å²) in [5, 5.41) is 2.19. The maximum absolute atomic E-state index is 14.2. The Hall–Kier alpha value is -2.36. The third kappa shape index (κ3) is 4.24. The van der Waals surface area contributed by atoms with E-state index in [9.17, 15) is 22.4 Å². The summed E-state index contributed by atoms with van der Waals surface area (Å²) in [7, 11) is 0. The van der Waals surface area contributed by atoms with Gasteiger partial charge < -0.3 is 15.2 Å². The largest absolute Gasteiger partial charge is 0.444 e. The number of aliphatic imine (C=N–C) groups is 1. The van der Waals surface area contributed by atoms with E-state index < -0.39 is 47.5 Å². The number of halogens is 4. The minimum atomic E-state index is -3.26. The fourth-order valence-electron chi connectivity index (χ4n) is 2.39. The van der Waals surface area contributed by atoms with Gasteiger partial charge in [0, 0.05) is 11.3 Å². The summed E-state index contributed by atoms with van der Waals surface area (Å²) >= 11 is 0. The molecule has 1 aromatic rings. The van der Waals surface area contributed by atoms with Gasteiger partial charge in [-0.1, -0.05) is 0 Å². The van der Waals surface area contributed by atoms with E-state index >= 15 is 0 Å². The van der Waals surface area contributed by atoms with Crippen molar-refractivity contribution >= 4 is 17.6 Å². The van der Waals surface area contributed by atoms with E-state index in [0.717, 1.165) is 6.07 Å². The van der Waals surface area contributed by atoms with Crippen molar-refractivity contribution in [3.05, 3.63) is 29.3 Å². The molecule has 1 aromatic carbocycles. The summed E-state index contributed by atoms with van der Waals surface area (Å²) < 4.78 is 65.6. The van der Waals surface area contributed by atoms with Crippen molar-refractivity contribution < 1.29 is 31.8 Å². The molecule has 0 saturated heterocycles. The Morgan fingerprint density at radius 3 is 2.62 bits per heavy atom. The summed E-state index contributed by atoms with van der Waals surface area (Å²) in [4.78, 5) is 15.6. The van der Waals surface area contributed by atoms with E-state index in [1.807, 2.05) is 0 Å². The first-order valence-electron chi connectivity index (χ1n) is 7.64. The van der Waals surface area contributed by atoms with E-state index in [1.54, 1.807) is 20.8 Å². The van der Waals surface area contributed by atoms with Gasteiger partial charge in [-0.25, -0.2) is 27.3 Å². The molecule has 0 aliphatic carbocycles. The molecule has 0 fully saturated rings. The number of rotatable bonds is 2. The van der Waals surface area contributed by atoms with Crippen LogP contribution in [0.3, 0.4) is 0 Å². The number of nitrogens with one attached hydrogen (secondary N) is 1. The van der Waals surface area contributed by atoms with Gasteiger partial charge >= 0.3 is 6.09 Å². The smallest absolute Gasteiger partial charge is 0.413 e. The Morgan fingerprint density at radius 2 is 2.04 bits per heavy atom. The van der Waals surface area contributed by atoms with Gasteiger partial charge in [-0.15, -0.1) is 0 Å². The normalized spacial score (nSPS) is 20.7. The summed E-state index contributed by atoms with van der Waals surface area (Å²) in [6, 6.07) is 1.54. The van der Waals surface area contributed by atoms with Crippen LogP contribution in [0.25, 0.3) is 0 Å². The maximum Gasteiger partial charge on any atom is 0.413 e. The van der Waals surface area contributed by atoms with Crippen LogP contribution >= 0.6 is 0 Å². The molecule has 1 heterocycles. The highest BCUT2D eigenvalue weighted by Gasteiger charge is 2.47. The lowest BCUT2D eigenvalue weighted by molar-refractivity contribution is -0.0159. The molecule has 26 heavy (non-hydrogen) atoms. The SMILES string of the molecule is CC(C)(C)OC(=O)NC1=NC(c2cc(N)cc(F)c2F)(C(F)F)COC1. The van der Waals surface area contributed by atoms with Crippen LogP contribution < -0.4 is 11.1 Å². The number of alkyl halides is 2. The molecule has 0 spiro atoms. The molecule has 6 nitrogen and oxygen atoms in total. The van der Waals surface area contributed by atoms with Crippen molar-refractivity contribution in [2.24, 2.45) is 4.99 Å². The van der Waals surface area contributed by atoms with Crippen LogP contribution in [0, 0.1) is 11.6 Å². The fraction of sp³-hybridized carbons (Fsp3) is 0.500. The molecule has 144 valence electrons. The third-order valence-corrected chi connectivity index (χ3v) is 3.42. The Kier molecular flexibility index (Phi) is 5.45. The minimum Gasteiger partial charge on any atom is -0.444 e. The zero-order chi connectivity index (χ0) is 19.7.